The van der Waals surface area contributed by atoms with Crippen molar-refractivity contribution < 1.29 is 9.53 Å². The Kier molecular flexibility index (Phi) is 2.26. The van der Waals surface area contributed by atoms with Gasteiger partial charge in [-0.2, -0.15) is 0 Å². The summed E-state index contributed by atoms with van der Waals surface area (Å²) in [6, 6.07) is 10.6. The molecule has 0 N–H and O–H groups in total. The zero-order valence-electron chi connectivity index (χ0n) is 11.1. The fraction of sp³-hybridized carbons (Fsp3) is 0.400. The van der Waals surface area contributed by atoms with Crippen LogP contribution < -0.4 is 5.19 Å². The topological polar surface area (TPSA) is 29.6 Å². The number of carbonyl (C=O) groups excluding carboxylic acids is 1. The van der Waals surface area contributed by atoms with Crippen LogP contribution in [-0.4, -0.2) is 24.7 Å². The van der Waals surface area contributed by atoms with Crippen molar-refractivity contribution in [2.45, 2.75) is 37.3 Å². The summed E-state index contributed by atoms with van der Waals surface area (Å²) < 4.78 is 6.10. The molecule has 2 atom stereocenters. The summed E-state index contributed by atoms with van der Waals surface area (Å²) >= 11 is 0. The van der Waals surface area contributed by atoms with E-state index >= 15 is 0 Å². The Morgan fingerprint density at radius 1 is 1.22 bits per heavy atom. The Hall–Kier alpha value is -1.19. The summed E-state index contributed by atoms with van der Waals surface area (Å²) in [5.41, 5.74) is -0.310. The second-order valence-electron chi connectivity index (χ2n) is 5.99. The van der Waals surface area contributed by atoms with Gasteiger partial charge >= 0.3 is 0 Å². The van der Waals surface area contributed by atoms with Gasteiger partial charge < -0.3 is 4.74 Å². The molecule has 1 saturated heterocycles. The first-order chi connectivity index (χ1) is 8.41. The highest BCUT2D eigenvalue weighted by atomic mass is 28.3. The van der Waals surface area contributed by atoms with Crippen molar-refractivity contribution in [3.05, 3.63) is 42.5 Å². The monoisotopic (exact) mass is 258 g/mol. The first-order valence-electron chi connectivity index (χ1n) is 6.39. The molecule has 1 aromatic rings. The van der Waals surface area contributed by atoms with Gasteiger partial charge in [-0.05, 0) is 19.1 Å². The fourth-order valence-corrected chi connectivity index (χ4v) is 6.37. The van der Waals surface area contributed by atoms with Crippen LogP contribution in [0.4, 0.5) is 0 Å². The normalized spacial score (nSPS) is 34.3. The molecule has 0 amide bonds. The van der Waals surface area contributed by atoms with Gasteiger partial charge in [0.15, 0.2) is 5.78 Å². The van der Waals surface area contributed by atoms with Crippen LogP contribution in [0, 0.1) is 0 Å². The molecule has 1 aromatic carbocycles. The highest BCUT2D eigenvalue weighted by Crippen LogP contribution is 2.58. The van der Waals surface area contributed by atoms with Crippen LogP contribution in [0.1, 0.15) is 13.3 Å². The van der Waals surface area contributed by atoms with Crippen molar-refractivity contribution in [3.8, 4) is 0 Å². The third-order valence-corrected chi connectivity index (χ3v) is 9.50. The van der Waals surface area contributed by atoms with Crippen molar-refractivity contribution >= 4 is 19.0 Å². The lowest BCUT2D eigenvalue weighted by molar-refractivity contribution is -0.114. The van der Waals surface area contributed by atoms with Crippen molar-refractivity contribution in [2.24, 2.45) is 0 Å². The molecule has 1 fully saturated rings. The minimum atomic E-state index is -1.76. The third-order valence-electron chi connectivity index (χ3n) is 4.82. The molecule has 2 aliphatic rings. The Labute approximate surface area is 109 Å². The summed E-state index contributed by atoms with van der Waals surface area (Å²) in [4.78, 5) is 11.5. The zero-order chi connectivity index (χ0) is 13.0. The average Bonchev–Trinajstić information content (AvgIpc) is 2.75. The zero-order valence-corrected chi connectivity index (χ0v) is 12.1. The molecule has 1 heterocycles. The third kappa shape index (κ3) is 1.35. The van der Waals surface area contributed by atoms with Gasteiger partial charge in [0.1, 0.15) is 13.7 Å². The maximum Gasteiger partial charge on any atom is 0.158 e. The van der Waals surface area contributed by atoms with Gasteiger partial charge in [-0.3, -0.25) is 4.79 Å². The van der Waals surface area contributed by atoms with E-state index in [9.17, 15) is 4.79 Å². The SMILES string of the molecule is C[C@]1([Si](C)(C)c2ccccc2)O[C@]12C=CC(=O)C2. The second-order valence-corrected chi connectivity index (χ2v) is 10.8. The summed E-state index contributed by atoms with van der Waals surface area (Å²) in [5, 5.41) is 1.22. The molecule has 2 nitrogen and oxygen atoms in total. The van der Waals surface area contributed by atoms with Gasteiger partial charge in [0, 0.05) is 6.42 Å². The summed E-state index contributed by atoms with van der Waals surface area (Å²) in [6.45, 7) is 6.83. The lowest BCUT2D eigenvalue weighted by Gasteiger charge is -2.29. The Balaban J connectivity index is 1.97. The van der Waals surface area contributed by atoms with E-state index < -0.39 is 8.07 Å². The molecular formula is C15H18O2Si. The maximum absolute atomic E-state index is 11.5. The van der Waals surface area contributed by atoms with Crippen LogP contribution in [0.2, 0.25) is 13.1 Å². The van der Waals surface area contributed by atoms with Crippen LogP contribution in [0.5, 0.6) is 0 Å². The van der Waals surface area contributed by atoms with Crippen LogP contribution in [0.15, 0.2) is 42.5 Å². The van der Waals surface area contributed by atoms with Gasteiger partial charge in [-0.1, -0.05) is 48.6 Å². The second kappa shape index (κ2) is 3.43. The molecule has 0 saturated carbocycles. The Morgan fingerprint density at radius 2 is 1.89 bits per heavy atom. The van der Waals surface area contributed by atoms with Gasteiger partial charge in [0.2, 0.25) is 0 Å². The predicted molar refractivity (Wildman–Crippen MR) is 74.5 cm³/mol. The number of carbonyl (C=O) groups is 1. The highest BCUT2D eigenvalue weighted by Gasteiger charge is 2.74. The molecule has 0 bridgehead atoms. The Morgan fingerprint density at radius 3 is 2.44 bits per heavy atom. The van der Waals surface area contributed by atoms with Gasteiger partial charge in [0.05, 0.1) is 5.22 Å². The molecular weight excluding hydrogens is 240 g/mol. The van der Waals surface area contributed by atoms with Crippen LogP contribution in [0.3, 0.4) is 0 Å². The van der Waals surface area contributed by atoms with Crippen molar-refractivity contribution in [2.75, 3.05) is 0 Å². The van der Waals surface area contributed by atoms with E-state index in [4.69, 9.17) is 4.74 Å². The quantitative estimate of drug-likeness (QED) is 0.601. The number of hydrogen-bond donors (Lipinski definition) is 0. The van der Waals surface area contributed by atoms with E-state index in [0.29, 0.717) is 6.42 Å². The van der Waals surface area contributed by atoms with Crippen molar-refractivity contribution in [1.82, 2.24) is 0 Å². The lowest BCUT2D eigenvalue weighted by Crippen LogP contribution is -2.56. The molecule has 1 spiro atoms. The molecule has 94 valence electrons. The smallest absolute Gasteiger partial charge is 0.158 e. The molecule has 18 heavy (non-hydrogen) atoms. The van der Waals surface area contributed by atoms with E-state index in [1.807, 2.05) is 12.1 Å². The van der Waals surface area contributed by atoms with Crippen LogP contribution in [-0.2, 0) is 9.53 Å². The standard InChI is InChI=1S/C15H18O2Si/c1-14(15(17-14)10-9-12(16)11-15)18(2,3)13-7-5-4-6-8-13/h4-10H,11H2,1-3H3/t14-,15+/m1/s1. The minimum absolute atomic E-state index is 0.163. The van der Waals surface area contributed by atoms with Gasteiger partial charge in [0.25, 0.3) is 0 Å². The van der Waals surface area contributed by atoms with Gasteiger partial charge in [-0.15, -0.1) is 0 Å². The first-order valence-corrected chi connectivity index (χ1v) is 9.39. The molecule has 0 radical (unpaired) electrons. The van der Waals surface area contributed by atoms with Crippen molar-refractivity contribution in [3.63, 3.8) is 0 Å². The number of ether oxygens (including phenoxy) is 1. The van der Waals surface area contributed by atoms with E-state index in [2.05, 4.69) is 44.3 Å². The summed E-state index contributed by atoms with van der Waals surface area (Å²) in [5.74, 6) is 0.191. The van der Waals surface area contributed by atoms with Crippen molar-refractivity contribution in [1.29, 1.82) is 0 Å². The summed E-state index contributed by atoms with van der Waals surface area (Å²) in [6.07, 6.45) is 4.18. The van der Waals surface area contributed by atoms with E-state index in [1.165, 1.54) is 5.19 Å². The van der Waals surface area contributed by atoms with E-state index in [0.717, 1.165) is 0 Å². The largest absolute Gasteiger partial charge is 0.361 e. The lowest BCUT2D eigenvalue weighted by atomic mass is 10.1. The molecule has 3 heteroatoms. The number of hydrogen-bond acceptors (Lipinski definition) is 2. The Bertz CT molecular complexity index is 535. The maximum atomic E-state index is 11.5. The van der Waals surface area contributed by atoms with E-state index in [-0.39, 0.29) is 16.6 Å². The molecule has 0 aromatic heterocycles. The average molecular weight is 258 g/mol. The fourth-order valence-electron chi connectivity index (χ4n) is 3.13. The number of rotatable bonds is 2. The number of allylic oxidation sites excluding steroid dienone is 1. The van der Waals surface area contributed by atoms with Crippen LogP contribution in [0.25, 0.3) is 0 Å². The summed E-state index contributed by atoms with van der Waals surface area (Å²) in [7, 11) is -1.76. The molecule has 1 aliphatic heterocycles. The van der Waals surface area contributed by atoms with E-state index in [1.54, 1.807) is 6.08 Å². The first kappa shape index (κ1) is 11.9. The number of ketones is 1. The minimum Gasteiger partial charge on any atom is -0.361 e. The molecule has 1 aliphatic carbocycles. The molecule has 0 unspecified atom stereocenters. The highest BCUT2D eigenvalue weighted by molar-refractivity contribution is 6.93. The van der Waals surface area contributed by atoms with Crippen LogP contribution >= 0.6 is 0 Å². The molecule has 3 rings (SSSR count). The van der Waals surface area contributed by atoms with Gasteiger partial charge in [-0.25, -0.2) is 0 Å². The number of epoxide rings is 1. The predicted octanol–water partition coefficient (Wildman–Crippen LogP) is 2.20. The number of benzene rings is 1.